The number of fused-ring (bicyclic) bond motifs is 1. The zero-order valence-corrected chi connectivity index (χ0v) is 11.2. The second-order valence-electron chi connectivity index (χ2n) is 7.26. The summed E-state index contributed by atoms with van der Waals surface area (Å²) in [6.45, 7) is 8.07. The maximum absolute atomic E-state index is 6.43. The predicted molar refractivity (Wildman–Crippen MR) is 65.7 cm³/mol. The topological polar surface area (TPSA) is 21.8 Å². The Kier molecular flexibility index (Phi) is 1.96. The van der Waals surface area contributed by atoms with Crippen LogP contribution < -0.4 is 0 Å². The van der Waals surface area contributed by atoms with Crippen molar-refractivity contribution in [3.63, 3.8) is 0 Å². The van der Waals surface area contributed by atoms with Crippen molar-refractivity contribution in [1.82, 2.24) is 0 Å². The van der Waals surface area contributed by atoms with Crippen LogP contribution in [0.4, 0.5) is 0 Å². The molecule has 17 heavy (non-hydrogen) atoms. The van der Waals surface area contributed by atoms with Gasteiger partial charge in [-0.05, 0) is 56.3 Å². The number of ether oxygens (including phenoxy) is 2. The Hall–Kier alpha value is -0.0800. The Morgan fingerprint density at radius 1 is 1.00 bits per heavy atom. The van der Waals surface area contributed by atoms with E-state index in [1.54, 1.807) is 0 Å². The van der Waals surface area contributed by atoms with Gasteiger partial charge in [0.2, 0.25) is 0 Å². The summed E-state index contributed by atoms with van der Waals surface area (Å²) in [4.78, 5) is 0. The first kappa shape index (κ1) is 10.8. The number of rotatable bonds is 0. The van der Waals surface area contributed by atoms with Crippen molar-refractivity contribution in [2.75, 3.05) is 6.61 Å². The van der Waals surface area contributed by atoms with Gasteiger partial charge in [-0.25, -0.2) is 0 Å². The third-order valence-corrected chi connectivity index (χ3v) is 6.31. The van der Waals surface area contributed by atoms with Gasteiger partial charge in [0.15, 0.2) is 0 Å². The zero-order chi connectivity index (χ0) is 11.8. The van der Waals surface area contributed by atoms with Crippen LogP contribution in [0.1, 0.15) is 46.5 Å². The highest BCUT2D eigenvalue weighted by Crippen LogP contribution is 2.65. The molecule has 0 N–H and O–H groups in total. The molecule has 2 heteroatoms. The van der Waals surface area contributed by atoms with Gasteiger partial charge in [-0.2, -0.15) is 0 Å². The summed E-state index contributed by atoms with van der Waals surface area (Å²) in [5.74, 6) is 3.07. The van der Waals surface area contributed by atoms with Gasteiger partial charge in [-0.1, -0.05) is 13.8 Å². The molecular weight excluding hydrogens is 212 g/mol. The maximum atomic E-state index is 6.43. The average Bonchev–Trinajstić information content (AvgIpc) is 2.89. The van der Waals surface area contributed by atoms with E-state index in [2.05, 4.69) is 20.8 Å². The Balaban J connectivity index is 1.78. The highest BCUT2D eigenvalue weighted by atomic mass is 16.6. The largest absolute Gasteiger partial charge is 0.371 e. The molecule has 0 aromatic rings. The van der Waals surface area contributed by atoms with E-state index in [0.29, 0.717) is 6.10 Å². The summed E-state index contributed by atoms with van der Waals surface area (Å²) in [5, 5.41) is 0. The molecule has 0 aromatic carbocycles. The minimum Gasteiger partial charge on any atom is -0.371 e. The fourth-order valence-electron chi connectivity index (χ4n) is 5.34. The van der Waals surface area contributed by atoms with Crippen LogP contribution in [0.15, 0.2) is 0 Å². The first-order valence-corrected chi connectivity index (χ1v) is 7.40. The van der Waals surface area contributed by atoms with Crippen molar-refractivity contribution in [3.8, 4) is 0 Å². The molecule has 4 fully saturated rings. The second kappa shape index (κ2) is 3.08. The summed E-state index contributed by atoms with van der Waals surface area (Å²) in [6.07, 6.45) is 5.73. The summed E-state index contributed by atoms with van der Waals surface area (Å²) in [7, 11) is 0. The highest BCUT2D eigenvalue weighted by molar-refractivity contribution is 5.22. The molecular formula is C15H24O2. The number of hydrogen-bond acceptors (Lipinski definition) is 2. The van der Waals surface area contributed by atoms with Crippen molar-refractivity contribution in [2.24, 2.45) is 23.7 Å². The highest BCUT2D eigenvalue weighted by Gasteiger charge is 2.74. The molecule has 7 atom stereocenters. The van der Waals surface area contributed by atoms with E-state index < -0.39 is 0 Å². The smallest absolute Gasteiger partial charge is 0.116 e. The van der Waals surface area contributed by atoms with Gasteiger partial charge in [-0.3, -0.25) is 0 Å². The molecule has 2 aliphatic carbocycles. The number of hydrogen-bond donors (Lipinski definition) is 0. The van der Waals surface area contributed by atoms with E-state index in [1.165, 1.54) is 25.7 Å². The van der Waals surface area contributed by atoms with Gasteiger partial charge < -0.3 is 9.47 Å². The molecule has 2 heterocycles. The lowest BCUT2D eigenvalue weighted by Gasteiger charge is -2.51. The monoisotopic (exact) mass is 236 g/mol. The van der Waals surface area contributed by atoms with Gasteiger partial charge in [0.25, 0.3) is 0 Å². The van der Waals surface area contributed by atoms with Gasteiger partial charge in [0, 0.05) is 0 Å². The second-order valence-corrected chi connectivity index (χ2v) is 7.26. The molecule has 0 bridgehead atoms. The van der Waals surface area contributed by atoms with E-state index in [9.17, 15) is 0 Å². The first-order valence-electron chi connectivity index (χ1n) is 7.40. The molecule has 2 aliphatic heterocycles. The Labute approximate surface area is 104 Å². The molecule has 2 saturated carbocycles. The standard InChI is InChI=1S/C15H24O2/c1-9-4-5-11-10(2)8-16-15(11)12(9)6-7-14(3)13(15)17-14/h9-13H,4-8H2,1-3H3/t9-,10+,11+,12+,13-,14-,15+/m1/s1. The van der Waals surface area contributed by atoms with Crippen LogP contribution in [0.3, 0.4) is 0 Å². The first-order chi connectivity index (χ1) is 8.08. The summed E-state index contributed by atoms with van der Waals surface area (Å²) >= 11 is 0. The third-order valence-electron chi connectivity index (χ3n) is 6.31. The van der Waals surface area contributed by atoms with Crippen molar-refractivity contribution < 1.29 is 9.47 Å². The average molecular weight is 236 g/mol. The van der Waals surface area contributed by atoms with Crippen molar-refractivity contribution in [3.05, 3.63) is 0 Å². The quantitative estimate of drug-likeness (QED) is 0.603. The Morgan fingerprint density at radius 2 is 1.76 bits per heavy atom. The van der Waals surface area contributed by atoms with Crippen LogP contribution in [0.2, 0.25) is 0 Å². The minimum absolute atomic E-state index is 0.101. The lowest BCUT2D eigenvalue weighted by atomic mass is 9.55. The zero-order valence-electron chi connectivity index (χ0n) is 11.2. The van der Waals surface area contributed by atoms with Crippen LogP contribution in [0.25, 0.3) is 0 Å². The molecule has 0 unspecified atom stereocenters. The van der Waals surface area contributed by atoms with Crippen LogP contribution in [-0.2, 0) is 9.47 Å². The fourth-order valence-corrected chi connectivity index (χ4v) is 5.34. The Morgan fingerprint density at radius 3 is 2.59 bits per heavy atom. The lowest BCUT2D eigenvalue weighted by molar-refractivity contribution is -0.132. The summed E-state index contributed by atoms with van der Waals surface area (Å²) in [5.41, 5.74) is 0.264. The fraction of sp³-hybridized carbons (Fsp3) is 1.00. The van der Waals surface area contributed by atoms with Gasteiger partial charge in [-0.15, -0.1) is 0 Å². The molecule has 96 valence electrons. The molecule has 2 nitrogen and oxygen atoms in total. The van der Waals surface area contributed by atoms with E-state index in [1.807, 2.05) is 0 Å². The normalized spacial score (nSPS) is 64.8. The van der Waals surface area contributed by atoms with Crippen molar-refractivity contribution in [2.45, 2.75) is 63.8 Å². The van der Waals surface area contributed by atoms with Gasteiger partial charge in [0.1, 0.15) is 11.7 Å². The summed E-state index contributed by atoms with van der Waals surface area (Å²) in [6, 6.07) is 0. The van der Waals surface area contributed by atoms with Crippen LogP contribution >= 0.6 is 0 Å². The summed E-state index contributed by atoms with van der Waals surface area (Å²) < 4.78 is 12.5. The molecule has 1 spiro atoms. The number of epoxide rings is 1. The van der Waals surface area contributed by atoms with E-state index in [4.69, 9.17) is 9.47 Å². The molecule has 0 radical (unpaired) electrons. The minimum atomic E-state index is 0.101. The van der Waals surface area contributed by atoms with Crippen LogP contribution in [0, 0.1) is 23.7 Å². The van der Waals surface area contributed by atoms with Crippen LogP contribution in [-0.4, -0.2) is 23.9 Å². The predicted octanol–water partition coefficient (Wildman–Crippen LogP) is 3.01. The molecule has 0 aromatic heterocycles. The van der Waals surface area contributed by atoms with Crippen molar-refractivity contribution >= 4 is 0 Å². The van der Waals surface area contributed by atoms with Gasteiger partial charge in [0.05, 0.1) is 12.2 Å². The lowest BCUT2D eigenvalue weighted by Crippen LogP contribution is -2.58. The molecule has 4 aliphatic rings. The Bertz CT molecular complexity index is 355. The third kappa shape index (κ3) is 1.14. The molecule has 0 amide bonds. The van der Waals surface area contributed by atoms with E-state index in [-0.39, 0.29) is 11.2 Å². The SMILES string of the molecule is C[C@@H]1CC[C@H]2[C@@H](C)CO[C@]23[C@H]1CC[C@@]1(C)O[C@@H]31. The molecule has 2 saturated heterocycles. The molecule has 4 rings (SSSR count). The van der Waals surface area contributed by atoms with E-state index >= 15 is 0 Å². The van der Waals surface area contributed by atoms with E-state index in [0.717, 1.165) is 30.3 Å². The van der Waals surface area contributed by atoms with Crippen LogP contribution in [0.5, 0.6) is 0 Å². The van der Waals surface area contributed by atoms with Crippen molar-refractivity contribution in [1.29, 1.82) is 0 Å². The van der Waals surface area contributed by atoms with Gasteiger partial charge >= 0.3 is 0 Å². The maximum Gasteiger partial charge on any atom is 0.116 e.